The normalized spacial score (nSPS) is 15.4. The van der Waals surface area contributed by atoms with Gasteiger partial charge in [-0.2, -0.15) is 13.2 Å². The topological polar surface area (TPSA) is 36.4 Å². The molecule has 27 heavy (non-hydrogen) atoms. The van der Waals surface area contributed by atoms with Crippen molar-refractivity contribution in [2.24, 2.45) is 0 Å². The van der Waals surface area contributed by atoms with Crippen molar-refractivity contribution in [3.8, 4) is 0 Å². The molecule has 8 heteroatoms. The fraction of sp³-hybridized carbons (Fsp3) is 0.263. The molecular formula is C19H17ClF3N3O. The van der Waals surface area contributed by atoms with Gasteiger partial charge in [0.2, 0.25) is 5.91 Å². The lowest BCUT2D eigenvalue weighted by molar-refractivity contribution is -0.137. The Bertz CT molecular complexity index is 829. The van der Waals surface area contributed by atoms with Crippen molar-refractivity contribution in [1.82, 2.24) is 9.88 Å². The molecule has 2 heterocycles. The highest BCUT2D eigenvalue weighted by molar-refractivity contribution is 6.30. The monoisotopic (exact) mass is 395 g/mol. The summed E-state index contributed by atoms with van der Waals surface area (Å²) in [5.74, 6) is 0.571. The molecule has 0 aliphatic carbocycles. The number of nitrogens with zero attached hydrogens (tertiary/aromatic N) is 3. The van der Waals surface area contributed by atoms with Gasteiger partial charge in [-0.1, -0.05) is 23.7 Å². The van der Waals surface area contributed by atoms with Crippen molar-refractivity contribution in [2.45, 2.75) is 6.18 Å². The third-order valence-electron chi connectivity index (χ3n) is 4.26. The van der Waals surface area contributed by atoms with E-state index in [0.717, 1.165) is 18.0 Å². The van der Waals surface area contributed by atoms with E-state index in [2.05, 4.69) is 9.88 Å². The van der Waals surface area contributed by atoms with Gasteiger partial charge in [0, 0.05) is 38.5 Å². The lowest BCUT2D eigenvalue weighted by Gasteiger charge is -2.34. The van der Waals surface area contributed by atoms with E-state index in [1.807, 2.05) is 6.07 Å². The molecule has 2 aromatic rings. The molecule has 1 saturated heterocycles. The Hall–Kier alpha value is -2.54. The van der Waals surface area contributed by atoms with Crippen molar-refractivity contribution < 1.29 is 18.0 Å². The van der Waals surface area contributed by atoms with Crippen LogP contribution >= 0.6 is 11.6 Å². The van der Waals surface area contributed by atoms with Gasteiger partial charge in [0.1, 0.15) is 5.82 Å². The zero-order chi connectivity index (χ0) is 19.4. The third-order valence-corrected chi connectivity index (χ3v) is 4.48. The van der Waals surface area contributed by atoms with Gasteiger partial charge in [0.15, 0.2) is 0 Å². The molecular weight excluding hydrogens is 379 g/mol. The van der Waals surface area contributed by atoms with Gasteiger partial charge in [-0.3, -0.25) is 4.79 Å². The fourth-order valence-electron chi connectivity index (χ4n) is 2.80. The number of anilines is 1. The Kier molecular flexibility index (Phi) is 5.70. The van der Waals surface area contributed by atoms with Crippen molar-refractivity contribution in [2.75, 3.05) is 31.1 Å². The van der Waals surface area contributed by atoms with Gasteiger partial charge in [-0.25, -0.2) is 4.98 Å². The molecule has 0 bridgehead atoms. The van der Waals surface area contributed by atoms with E-state index in [1.165, 1.54) is 24.3 Å². The van der Waals surface area contributed by atoms with Crippen molar-refractivity contribution in [1.29, 1.82) is 0 Å². The standard InChI is InChI=1S/C19H17ClF3N3O/c20-16-5-6-17(24-13-16)25-8-10-26(11-9-25)18(27)7-4-14-2-1-3-15(12-14)19(21,22)23/h1-7,12-13H,8-11H2/b7-4+. The number of hydrogen-bond acceptors (Lipinski definition) is 3. The van der Waals surface area contributed by atoms with E-state index in [0.29, 0.717) is 36.8 Å². The smallest absolute Gasteiger partial charge is 0.353 e. The minimum absolute atomic E-state index is 0.226. The second kappa shape index (κ2) is 8.00. The minimum Gasteiger partial charge on any atom is -0.353 e. The summed E-state index contributed by atoms with van der Waals surface area (Å²) < 4.78 is 38.2. The Morgan fingerprint density at radius 2 is 1.85 bits per heavy atom. The number of carbonyl (C=O) groups is 1. The quantitative estimate of drug-likeness (QED) is 0.734. The molecule has 0 unspecified atom stereocenters. The highest BCUT2D eigenvalue weighted by Gasteiger charge is 2.30. The second-order valence-electron chi connectivity index (χ2n) is 6.10. The van der Waals surface area contributed by atoms with Crippen LogP contribution in [0.2, 0.25) is 5.02 Å². The average molecular weight is 396 g/mol. The van der Waals surface area contributed by atoms with Gasteiger partial charge in [-0.05, 0) is 35.9 Å². The Labute approximate surface area is 159 Å². The first kappa shape index (κ1) is 19.2. The molecule has 1 aliphatic rings. The first-order valence-electron chi connectivity index (χ1n) is 8.34. The van der Waals surface area contributed by atoms with E-state index in [1.54, 1.807) is 17.2 Å². The molecule has 1 aromatic heterocycles. The molecule has 0 radical (unpaired) electrons. The number of alkyl halides is 3. The summed E-state index contributed by atoms with van der Waals surface area (Å²) in [6.07, 6.45) is -0.109. The fourth-order valence-corrected chi connectivity index (χ4v) is 2.91. The summed E-state index contributed by atoms with van der Waals surface area (Å²) >= 11 is 5.83. The Balaban J connectivity index is 1.58. The van der Waals surface area contributed by atoms with Crippen LogP contribution in [0.25, 0.3) is 6.08 Å². The van der Waals surface area contributed by atoms with Crippen LogP contribution in [0.5, 0.6) is 0 Å². The SMILES string of the molecule is O=C(/C=C/c1cccc(C(F)(F)F)c1)N1CCN(c2ccc(Cl)cn2)CC1. The highest BCUT2D eigenvalue weighted by Crippen LogP contribution is 2.29. The van der Waals surface area contributed by atoms with Crippen LogP contribution in [0.1, 0.15) is 11.1 Å². The maximum atomic E-state index is 12.7. The number of aromatic nitrogens is 1. The summed E-state index contributed by atoms with van der Waals surface area (Å²) in [4.78, 5) is 20.3. The Morgan fingerprint density at radius 3 is 2.48 bits per heavy atom. The lowest BCUT2D eigenvalue weighted by Crippen LogP contribution is -2.48. The maximum absolute atomic E-state index is 12.7. The third kappa shape index (κ3) is 5.01. The van der Waals surface area contributed by atoms with Crippen molar-refractivity contribution in [3.05, 3.63) is 64.8 Å². The molecule has 1 aliphatic heterocycles. The number of halogens is 4. The first-order valence-corrected chi connectivity index (χ1v) is 8.71. The zero-order valence-electron chi connectivity index (χ0n) is 14.3. The largest absolute Gasteiger partial charge is 0.416 e. The number of hydrogen-bond donors (Lipinski definition) is 0. The van der Waals surface area contributed by atoms with Crippen LogP contribution in [0.4, 0.5) is 19.0 Å². The van der Waals surface area contributed by atoms with Crippen molar-refractivity contribution in [3.63, 3.8) is 0 Å². The van der Waals surface area contributed by atoms with Crippen LogP contribution < -0.4 is 4.90 Å². The molecule has 0 saturated carbocycles. The van der Waals surface area contributed by atoms with Crippen LogP contribution in [0, 0.1) is 0 Å². The van der Waals surface area contributed by atoms with Gasteiger partial charge < -0.3 is 9.80 Å². The van der Waals surface area contributed by atoms with E-state index < -0.39 is 11.7 Å². The van der Waals surface area contributed by atoms with E-state index >= 15 is 0 Å². The minimum atomic E-state index is -4.40. The molecule has 1 fully saturated rings. The van der Waals surface area contributed by atoms with Gasteiger partial charge in [0.05, 0.1) is 10.6 Å². The Morgan fingerprint density at radius 1 is 1.11 bits per heavy atom. The number of rotatable bonds is 3. The van der Waals surface area contributed by atoms with Crippen molar-refractivity contribution >= 4 is 29.4 Å². The average Bonchev–Trinajstić information content (AvgIpc) is 2.66. The van der Waals surface area contributed by atoms with Crippen LogP contribution in [0.15, 0.2) is 48.7 Å². The molecule has 142 valence electrons. The lowest BCUT2D eigenvalue weighted by atomic mass is 10.1. The van der Waals surface area contributed by atoms with E-state index in [-0.39, 0.29) is 5.91 Å². The van der Waals surface area contributed by atoms with E-state index in [9.17, 15) is 18.0 Å². The zero-order valence-corrected chi connectivity index (χ0v) is 15.0. The molecule has 0 spiro atoms. The summed E-state index contributed by atoms with van der Waals surface area (Å²) in [7, 11) is 0. The molecule has 4 nitrogen and oxygen atoms in total. The second-order valence-corrected chi connectivity index (χ2v) is 6.54. The molecule has 3 rings (SSSR count). The van der Waals surface area contributed by atoms with Gasteiger partial charge in [0.25, 0.3) is 0 Å². The summed E-state index contributed by atoms with van der Waals surface area (Å²) in [6.45, 7) is 2.27. The predicted molar refractivity (Wildman–Crippen MR) is 98.5 cm³/mol. The van der Waals surface area contributed by atoms with Gasteiger partial charge in [-0.15, -0.1) is 0 Å². The van der Waals surface area contributed by atoms with E-state index in [4.69, 9.17) is 11.6 Å². The summed E-state index contributed by atoms with van der Waals surface area (Å²) in [5, 5.41) is 0.562. The molecule has 0 N–H and O–H groups in total. The van der Waals surface area contributed by atoms with Crippen LogP contribution in [-0.2, 0) is 11.0 Å². The maximum Gasteiger partial charge on any atom is 0.416 e. The number of benzene rings is 1. The molecule has 1 amide bonds. The number of piperazine rings is 1. The predicted octanol–water partition coefficient (Wildman–Crippen LogP) is 4.12. The van der Waals surface area contributed by atoms with Gasteiger partial charge >= 0.3 is 6.18 Å². The first-order chi connectivity index (χ1) is 12.8. The molecule has 0 atom stereocenters. The number of carbonyl (C=O) groups excluding carboxylic acids is 1. The molecule has 1 aromatic carbocycles. The summed E-state index contributed by atoms with van der Waals surface area (Å²) in [6, 6.07) is 8.47. The number of pyridine rings is 1. The summed E-state index contributed by atoms with van der Waals surface area (Å²) in [5.41, 5.74) is -0.400. The van der Waals surface area contributed by atoms with Crippen LogP contribution in [0.3, 0.4) is 0 Å². The highest BCUT2D eigenvalue weighted by atomic mass is 35.5. The van der Waals surface area contributed by atoms with Crippen LogP contribution in [-0.4, -0.2) is 42.0 Å². The number of amides is 1.